The zero-order valence-electron chi connectivity index (χ0n) is 13.4. The molecule has 0 unspecified atom stereocenters. The summed E-state index contributed by atoms with van der Waals surface area (Å²) in [6, 6.07) is 9.71. The van der Waals surface area contributed by atoms with E-state index in [-0.39, 0.29) is 11.7 Å². The molecule has 0 fully saturated rings. The number of aromatic nitrogens is 3. The van der Waals surface area contributed by atoms with E-state index in [1.807, 2.05) is 0 Å². The summed E-state index contributed by atoms with van der Waals surface area (Å²) < 4.78 is 10.6. The van der Waals surface area contributed by atoms with Crippen LogP contribution >= 0.6 is 11.6 Å². The van der Waals surface area contributed by atoms with Crippen molar-refractivity contribution in [1.29, 1.82) is 0 Å². The van der Waals surface area contributed by atoms with E-state index in [2.05, 4.69) is 20.3 Å². The van der Waals surface area contributed by atoms with E-state index in [1.54, 1.807) is 36.4 Å². The van der Waals surface area contributed by atoms with Crippen LogP contribution in [-0.4, -0.2) is 27.0 Å². The predicted molar refractivity (Wildman–Crippen MR) is 94.3 cm³/mol. The van der Waals surface area contributed by atoms with Crippen LogP contribution in [0.1, 0.15) is 0 Å². The van der Waals surface area contributed by atoms with Crippen LogP contribution in [0, 0.1) is 10.1 Å². The average Bonchev–Trinajstić information content (AvgIpc) is 2.64. The minimum absolute atomic E-state index is 0.0525. The number of nitrogens with zero attached hydrogens (tertiary/aromatic N) is 4. The second-order valence-corrected chi connectivity index (χ2v) is 5.33. The van der Waals surface area contributed by atoms with Gasteiger partial charge in [-0.25, -0.2) is 9.97 Å². The third-order valence-corrected chi connectivity index (χ3v) is 3.44. The van der Waals surface area contributed by atoms with Gasteiger partial charge >= 0.3 is 11.6 Å². The highest BCUT2D eigenvalue weighted by molar-refractivity contribution is 6.30. The first-order valence-corrected chi connectivity index (χ1v) is 7.64. The molecule has 3 rings (SSSR count). The Balaban J connectivity index is 1.92. The largest absolute Gasteiger partial charge is 0.497 e. The topological polar surface area (TPSA) is 112 Å². The molecule has 2 heterocycles. The van der Waals surface area contributed by atoms with Crippen molar-refractivity contribution in [2.24, 2.45) is 0 Å². The van der Waals surface area contributed by atoms with Gasteiger partial charge in [0, 0.05) is 6.20 Å². The zero-order chi connectivity index (χ0) is 18.5. The molecule has 3 aromatic rings. The highest BCUT2D eigenvalue weighted by Gasteiger charge is 2.25. The van der Waals surface area contributed by atoms with Gasteiger partial charge in [-0.1, -0.05) is 11.6 Å². The molecule has 132 valence electrons. The molecule has 9 nitrogen and oxygen atoms in total. The third-order valence-electron chi connectivity index (χ3n) is 3.22. The molecule has 0 atom stereocenters. The lowest BCUT2D eigenvalue weighted by Gasteiger charge is -2.09. The molecule has 0 saturated heterocycles. The van der Waals surface area contributed by atoms with E-state index in [9.17, 15) is 10.1 Å². The van der Waals surface area contributed by atoms with Crippen LogP contribution < -0.4 is 14.8 Å². The lowest BCUT2D eigenvalue weighted by atomic mass is 10.3. The maximum Gasteiger partial charge on any atom is 0.373 e. The van der Waals surface area contributed by atoms with E-state index in [0.29, 0.717) is 22.3 Å². The molecule has 0 saturated carbocycles. The Morgan fingerprint density at radius 1 is 1.08 bits per heavy atom. The fraction of sp³-hybridized carbons (Fsp3) is 0.0625. The minimum Gasteiger partial charge on any atom is -0.497 e. The number of hydrogen-bond acceptors (Lipinski definition) is 8. The summed E-state index contributed by atoms with van der Waals surface area (Å²) in [5, 5.41) is 14.7. The predicted octanol–water partition coefficient (Wildman–Crippen LogP) is 3.98. The van der Waals surface area contributed by atoms with Gasteiger partial charge in [0.1, 0.15) is 23.6 Å². The fourth-order valence-electron chi connectivity index (χ4n) is 2.02. The summed E-state index contributed by atoms with van der Waals surface area (Å²) in [6.07, 6.45) is 2.57. The first-order valence-electron chi connectivity index (χ1n) is 7.26. The number of methoxy groups -OCH3 is 1. The Hall–Kier alpha value is -3.46. The number of benzene rings is 1. The number of halogens is 1. The maximum atomic E-state index is 11.5. The summed E-state index contributed by atoms with van der Waals surface area (Å²) >= 11 is 5.78. The van der Waals surface area contributed by atoms with Gasteiger partial charge in [-0.15, -0.1) is 0 Å². The molecular formula is C16H12ClN5O4. The number of nitro groups is 1. The molecule has 1 N–H and O–H groups in total. The summed E-state index contributed by atoms with van der Waals surface area (Å²) in [6.45, 7) is 0. The molecule has 0 amide bonds. The summed E-state index contributed by atoms with van der Waals surface area (Å²) in [5.74, 6) is 1.08. The van der Waals surface area contributed by atoms with Crippen molar-refractivity contribution in [3.63, 3.8) is 0 Å². The highest BCUT2D eigenvalue weighted by atomic mass is 35.5. The molecular weight excluding hydrogens is 362 g/mol. The number of nitrogens with one attached hydrogen (secondary N) is 1. The van der Waals surface area contributed by atoms with Gasteiger partial charge in [-0.3, -0.25) is 10.1 Å². The van der Waals surface area contributed by atoms with Crippen molar-refractivity contribution in [1.82, 2.24) is 15.0 Å². The normalized spacial score (nSPS) is 10.2. The van der Waals surface area contributed by atoms with E-state index in [4.69, 9.17) is 21.1 Å². The number of anilines is 2. The summed E-state index contributed by atoms with van der Waals surface area (Å²) in [5.41, 5.74) is -0.417. The van der Waals surface area contributed by atoms with E-state index in [1.165, 1.54) is 13.3 Å². The minimum atomic E-state index is -0.628. The Morgan fingerprint density at radius 2 is 1.81 bits per heavy atom. The van der Waals surface area contributed by atoms with Crippen molar-refractivity contribution in [3.05, 3.63) is 64.1 Å². The first-order chi connectivity index (χ1) is 12.6. The van der Waals surface area contributed by atoms with Crippen molar-refractivity contribution < 1.29 is 14.4 Å². The maximum absolute atomic E-state index is 11.5. The molecule has 0 bridgehead atoms. The molecule has 0 radical (unpaired) electrons. The van der Waals surface area contributed by atoms with Crippen LogP contribution in [0.15, 0.2) is 48.9 Å². The van der Waals surface area contributed by atoms with E-state index >= 15 is 0 Å². The van der Waals surface area contributed by atoms with Gasteiger partial charge in [0.15, 0.2) is 0 Å². The van der Waals surface area contributed by atoms with Gasteiger partial charge < -0.3 is 14.8 Å². The number of hydrogen-bond donors (Lipinski definition) is 1. The highest BCUT2D eigenvalue weighted by Crippen LogP contribution is 2.35. The van der Waals surface area contributed by atoms with Crippen LogP contribution in [0.4, 0.5) is 17.3 Å². The Morgan fingerprint density at radius 3 is 2.42 bits per heavy atom. The Kier molecular flexibility index (Phi) is 5.09. The second kappa shape index (κ2) is 7.62. The average molecular weight is 374 g/mol. The molecule has 0 spiro atoms. The molecule has 2 aromatic heterocycles. The van der Waals surface area contributed by atoms with E-state index < -0.39 is 10.6 Å². The van der Waals surface area contributed by atoms with Gasteiger partial charge in [0.25, 0.3) is 0 Å². The molecule has 26 heavy (non-hydrogen) atoms. The van der Waals surface area contributed by atoms with Gasteiger partial charge in [0.05, 0.1) is 17.1 Å². The van der Waals surface area contributed by atoms with Crippen molar-refractivity contribution in [2.75, 3.05) is 12.4 Å². The summed E-state index contributed by atoms with van der Waals surface area (Å²) in [7, 11) is 1.54. The number of ether oxygens (including phenoxy) is 2. The van der Waals surface area contributed by atoms with E-state index in [0.717, 1.165) is 6.33 Å². The SMILES string of the molecule is COc1ccc(Oc2ncnc(Nc3ccc(Cl)cn3)c2[N+](=O)[O-])cc1. The fourth-order valence-corrected chi connectivity index (χ4v) is 2.13. The smallest absolute Gasteiger partial charge is 0.373 e. The monoisotopic (exact) mass is 373 g/mol. The quantitative estimate of drug-likeness (QED) is 0.510. The first kappa shape index (κ1) is 17.4. The van der Waals surface area contributed by atoms with Gasteiger partial charge in [-0.05, 0) is 36.4 Å². The molecule has 10 heteroatoms. The van der Waals surface area contributed by atoms with Crippen LogP contribution in [-0.2, 0) is 0 Å². The lowest BCUT2D eigenvalue weighted by molar-refractivity contribution is -0.385. The van der Waals surface area contributed by atoms with Crippen molar-refractivity contribution >= 4 is 28.9 Å². The molecule has 0 aliphatic carbocycles. The Labute approximate surface area is 152 Å². The number of pyridine rings is 1. The zero-order valence-corrected chi connectivity index (χ0v) is 14.2. The standard InChI is InChI=1S/C16H12ClN5O4/c1-25-11-3-5-12(6-4-11)26-16-14(22(23)24)15(19-9-20-16)21-13-7-2-10(17)8-18-13/h2-9H,1H3,(H,18,19,20,21). The summed E-state index contributed by atoms with van der Waals surface area (Å²) in [4.78, 5) is 22.7. The van der Waals surface area contributed by atoms with Crippen LogP contribution in [0.2, 0.25) is 5.02 Å². The molecule has 0 aliphatic heterocycles. The van der Waals surface area contributed by atoms with Gasteiger partial charge in [0.2, 0.25) is 5.82 Å². The van der Waals surface area contributed by atoms with Crippen LogP contribution in [0.5, 0.6) is 17.4 Å². The molecule has 0 aliphatic rings. The third kappa shape index (κ3) is 3.95. The number of rotatable bonds is 6. The lowest BCUT2D eigenvalue weighted by Crippen LogP contribution is -2.04. The molecule has 1 aromatic carbocycles. The van der Waals surface area contributed by atoms with Crippen LogP contribution in [0.3, 0.4) is 0 Å². The Bertz CT molecular complexity index is 919. The van der Waals surface area contributed by atoms with Crippen molar-refractivity contribution in [2.45, 2.75) is 0 Å². The second-order valence-electron chi connectivity index (χ2n) is 4.90. The van der Waals surface area contributed by atoms with Gasteiger partial charge in [-0.2, -0.15) is 4.98 Å². The van der Waals surface area contributed by atoms with Crippen LogP contribution in [0.25, 0.3) is 0 Å². The van der Waals surface area contributed by atoms with Crippen molar-refractivity contribution in [3.8, 4) is 17.4 Å².